The fourth-order valence-electron chi connectivity index (χ4n) is 1.43. The monoisotopic (exact) mass is 300 g/mol. The molecule has 0 bridgehead atoms. The van der Waals surface area contributed by atoms with Gasteiger partial charge in [0, 0.05) is 17.4 Å². The lowest BCUT2D eigenvalue weighted by Gasteiger charge is -2.23. The number of carbonyl (C=O) groups excluding carboxylic acids is 2. The summed E-state index contributed by atoms with van der Waals surface area (Å²) in [6, 6.07) is 6.34. The minimum atomic E-state index is -2.21. The Hall–Kier alpha value is -2.15. The number of rotatable bonds is 5. The van der Waals surface area contributed by atoms with Crippen molar-refractivity contribution < 1.29 is 19.2 Å². The quantitative estimate of drug-likeness (QED) is 0.289. The number of methoxy groups -OCH3 is 1. The largest absolute Gasteiger partial charge is 0.467 e. The standard InChI is InChI=1S/C12H13ClN2O5/c1-12(13,15(18)19)9(11(17)20-2)14-10(16)8-6-4-3-5-7-8/h3-7,9H,1-2H3,(H,14,16). The molecule has 0 spiro atoms. The van der Waals surface area contributed by atoms with Gasteiger partial charge in [0.1, 0.15) is 0 Å². The van der Waals surface area contributed by atoms with Gasteiger partial charge in [-0.05, 0) is 23.7 Å². The molecule has 0 saturated carbocycles. The molecule has 0 aliphatic rings. The molecule has 0 aliphatic heterocycles. The van der Waals surface area contributed by atoms with Gasteiger partial charge in [-0.2, -0.15) is 0 Å². The van der Waals surface area contributed by atoms with Crippen LogP contribution < -0.4 is 5.32 Å². The van der Waals surface area contributed by atoms with E-state index in [4.69, 9.17) is 11.6 Å². The Morgan fingerprint density at radius 1 is 1.40 bits per heavy atom. The van der Waals surface area contributed by atoms with E-state index in [9.17, 15) is 19.7 Å². The summed E-state index contributed by atoms with van der Waals surface area (Å²) in [4.78, 5) is 31.4. The van der Waals surface area contributed by atoms with Crippen LogP contribution in [0.15, 0.2) is 30.3 Å². The maximum Gasteiger partial charge on any atom is 0.337 e. The molecule has 0 radical (unpaired) electrons. The second-order valence-electron chi connectivity index (χ2n) is 4.08. The van der Waals surface area contributed by atoms with Crippen molar-refractivity contribution in [1.29, 1.82) is 0 Å². The highest BCUT2D eigenvalue weighted by atomic mass is 35.5. The van der Waals surface area contributed by atoms with E-state index in [1.165, 1.54) is 12.1 Å². The van der Waals surface area contributed by atoms with Crippen molar-refractivity contribution >= 4 is 23.5 Å². The molecule has 7 nitrogen and oxygen atoms in total. The number of hydrogen-bond acceptors (Lipinski definition) is 5. The van der Waals surface area contributed by atoms with E-state index in [1.807, 2.05) is 0 Å². The maximum atomic E-state index is 11.9. The predicted molar refractivity (Wildman–Crippen MR) is 71.0 cm³/mol. The number of benzene rings is 1. The zero-order chi connectivity index (χ0) is 15.3. The van der Waals surface area contributed by atoms with Crippen molar-refractivity contribution in [3.05, 3.63) is 46.0 Å². The summed E-state index contributed by atoms with van der Waals surface area (Å²) in [5, 5.41) is 13.1. The summed E-state index contributed by atoms with van der Waals surface area (Å²) in [6.45, 7) is 1.02. The van der Waals surface area contributed by atoms with Gasteiger partial charge in [-0.1, -0.05) is 18.2 Å². The van der Waals surface area contributed by atoms with Gasteiger partial charge in [-0.3, -0.25) is 14.9 Å². The van der Waals surface area contributed by atoms with E-state index in [1.54, 1.807) is 18.2 Å². The van der Waals surface area contributed by atoms with Gasteiger partial charge in [-0.15, -0.1) is 0 Å². The summed E-state index contributed by atoms with van der Waals surface area (Å²) in [6.07, 6.45) is 0. The van der Waals surface area contributed by atoms with Crippen LogP contribution in [0.1, 0.15) is 17.3 Å². The minimum absolute atomic E-state index is 0.247. The summed E-state index contributed by atoms with van der Waals surface area (Å²) in [5.41, 5.74) is 0.247. The summed E-state index contributed by atoms with van der Waals surface area (Å²) < 4.78 is 4.44. The van der Waals surface area contributed by atoms with Crippen LogP contribution in [0, 0.1) is 10.1 Å². The number of nitro groups is 1. The predicted octanol–water partition coefficient (Wildman–Crippen LogP) is 1.19. The first-order valence-corrected chi connectivity index (χ1v) is 5.95. The lowest BCUT2D eigenvalue weighted by Crippen LogP contribution is -2.56. The molecule has 2 unspecified atom stereocenters. The van der Waals surface area contributed by atoms with E-state index in [0.29, 0.717) is 0 Å². The molecule has 0 saturated heterocycles. The van der Waals surface area contributed by atoms with Crippen molar-refractivity contribution in [2.75, 3.05) is 7.11 Å². The van der Waals surface area contributed by atoms with Gasteiger partial charge < -0.3 is 10.1 Å². The molecule has 1 rings (SSSR count). The Morgan fingerprint density at radius 2 is 1.95 bits per heavy atom. The normalized spacial score (nSPS) is 14.8. The highest BCUT2D eigenvalue weighted by Crippen LogP contribution is 2.21. The molecule has 1 aromatic carbocycles. The molecule has 0 fully saturated rings. The van der Waals surface area contributed by atoms with E-state index < -0.39 is 27.8 Å². The molecular weight excluding hydrogens is 288 g/mol. The third-order valence-corrected chi connectivity index (χ3v) is 2.99. The fraction of sp³-hybridized carbons (Fsp3) is 0.333. The number of ether oxygens (including phenoxy) is 1. The van der Waals surface area contributed by atoms with Crippen LogP contribution in [0.25, 0.3) is 0 Å². The Kier molecular flexibility index (Phi) is 5.04. The van der Waals surface area contributed by atoms with Crippen LogP contribution in [-0.2, 0) is 9.53 Å². The summed E-state index contributed by atoms with van der Waals surface area (Å²) >= 11 is 5.73. The van der Waals surface area contributed by atoms with Crippen molar-refractivity contribution in [2.24, 2.45) is 0 Å². The number of alkyl halides is 1. The molecule has 2 atom stereocenters. The first-order valence-electron chi connectivity index (χ1n) is 5.58. The molecule has 0 aromatic heterocycles. The van der Waals surface area contributed by atoms with Crippen LogP contribution in [0.5, 0.6) is 0 Å². The highest BCUT2D eigenvalue weighted by molar-refractivity contribution is 6.24. The molecule has 1 amide bonds. The number of esters is 1. The molecule has 108 valence electrons. The zero-order valence-corrected chi connectivity index (χ0v) is 11.6. The van der Waals surface area contributed by atoms with Gasteiger partial charge in [0.2, 0.25) is 6.04 Å². The molecule has 0 heterocycles. The highest BCUT2D eigenvalue weighted by Gasteiger charge is 2.50. The Morgan fingerprint density at radius 3 is 2.40 bits per heavy atom. The van der Waals surface area contributed by atoms with Crippen LogP contribution in [0.2, 0.25) is 0 Å². The topological polar surface area (TPSA) is 98.5 Å². The molecule has 1 N–H and O–H groups in total. The number of nitrogens with one attached hydrogen (secondary N) is 1. The number of halogens is 1. The summed E-state index contributed by atoms with van der Waals surface area (Å²) in [7, 11) is 1.05. The first kappa shape index (κ1) is 15.9. The van der Waals surface area contributed by atoms with Crippen molar-refractivity contribution in [1.82, 2.24) is 5.32 Å². The molecule has 20 heavy (non-hydrogen) atoms. The van der Waals surface area contributed by atoms with Crippen LogP contribution in [0.3, 0.4) is 0 Å². The van der Waals surface area contributed by atoms with Gasteiger partial charge in [0.15, 0.2) is 0 Å². The number of amides is 1. The number of hydrogen-bond donors (Lipinski definition) is 1. The second-order valence-corrected chi connectivity index (χ2v) is 4.84. The van der Waals surface area contributed by atoms with Crippen molar-refractivity contribution in [2.45, 2.75) is 18.0 Å². The van der Waals surface area contributed by atoms with Crippen LogP contribution >= 0.6 is 11.6 Å². The fourth-order valence-corrected chi connectivity index (χ4v) is 1.58. The van der Waals surface area contributed by atoms with Crippen molar-refractivity contribution in [3.8, 4) is 0 Å². The molecule has 0 aliphatic carbocycles. The molecular formula is C12H13ClN2O5. The van der Waals surface area contributed by atoms with Crippen LogP contribution in [0.4, 0.5) is 0 Å². The van der Waals surface area contributed by atoms with Gasteiger partial charge in [-0.25, -0.2) is 4.79 Å². The number of nitrogens with zero attached hydrogens (tertiary/aromatic N) is 1. The number of carbonyl (C=O) groups is 2. The van der Waals surface area contributed by atoms with E-state index in [2.05, 4.69) is 10.1 Å². The third kappa shape index (κ3) is 3.45. The van der Waals surface area contributed by atoms with Crippen LogP contribution in [-0.4, -0.2) is 34.9 Å². The zero-order valence-electron chi connectivity index (χ0n) is 10.8. The molecule has 1 aromatic rings. The molecule has 8 heteroatoms. The Labute approximate surface area is 120 Å². The lowest BCUT2D eigenvalue weighted by molar-refractivity contribution is -0.539. The minimum Gasteiger partial charge on any atom is -0.467 e. The van der Waals surface area contributed by atoms with E-state index >= 15 is 0 Å². The van der Waals surface area contributed by atoms with Crippen molar-refractivity contribution in [3.63, 3.8) is 0 Å². The first-order chi connectivity index (χ1) is 9.30. The van der Waals surface area contributed by atoms with E-state index in [-0.39, 0.29) is 5.56 Å². The average Bonchev–Trinajstić information content (AvgIpc) is 2.44. The Balaban J connectivity index is 3.00. The summed E-state index contributed by atoms with van der Waals surface area (Å²) in [5.74, 6) is -1.65. The maximum absolute atomic E-state index is 11.9. The van der Waals surface area contributed by atoms with Gasteiger partial charge in [0.05, 0.1) is 7.11 Å². The smallest absolute Gasteiger partial charge is 0.337 e. The lowest BCUT2D eigenvalue weighted by atomic mass is 10.1. The average molecular weight is 301 g/mol. The third-order valence-electron chi connectivity index (χ3n) is 2.63. The van der Waals surface area contributed by atoms with Gasteiger partial charge >= 0.3 is 11.0 Å². The van der Waals surface area contributed by atoms with Gasteiger partial charge in [0.25, 0.3) is 5.91 Å². The van der Waals surface area contributed by atoms with E-state index in [0.717, 1.165) is 14.0 Å². The Bertz CT molecular complexity index is 518. The SMILES string of the molecule is COC(=O)C(NC(=O)c1ccccc1)C(C)(Cl)[N+](=O)[O-]. The second kappa shape index (κ2) is 6.33.